The summed E-state index contributed by atoms with van der Waals surface area (Å²) < 4.78 is 5.26. The van der Waals surface area contributed by atoms with Crippen molar-refractivity contribution in [3.05, 3.63) is 29.8 Å². The van der Waals surface area contributed by atoms with Crippen LogP contribution in [0.1, 0.15) is 17.3 Å². The highest BCUT2D eigenvalue weighted by molar-refractivity contribution is 7.92. The maximum atomic E-state index is 12.3. The molecule has 0 heterocycles. The van der Waals surface area contributed by atoms with Gasteiger partial charge in [-0.25, -0.2) is 4.79 Å². The molecular formula is C18H36O2Si4. The Kier molecular flexibility index (Phi) is 6.35. The number of hydrogen-bond donors (Lipinski definition) is 0. The van der Waals surface area contributed by atoms with Crippen LogP contribution in [0.4, 0.5) is 0 Å². The van der Waals surface area contributed by atoms with Gasteiger partial charge in [-0.05, 0) is 19.1 Å². The Hall–Kier alpha value is -0.442. The van der Waals surface area contributed by atoms with Crippen molar-refractivity contribution < 1.29 is 9.53 Å². The molecule has 6 heteroatoms. The first-order valence-electron chi connectivity index (χ1n) is 8.98. The zero-order valence-electron chi connectivity index (χ0n) is 17.3. The van der Waals surface area contributed by atoms with Gasteiger partial charge in [-0.1, -0.05) is 76.2 Å². The van der Waals surface area contributed by atoms with Crippen LogP contribution in [0.3, 0.4) is 0 Å². The topological polar surface area (TPSA) is 26.3 Å². The fraction of sp³-hybridized carbons (Fsp3) is 0.611. The second-order valence-corrected chi connectivity index (χ2v) is 50.1. The summed E-state index contributed by atoms with van der Waals surface area (Å²) >= 11 is 0. The highest BCUT2D eigenvalue weighted by atomic mass is 29.9. The highest BCUT2D eigenvalue weighted by Gasteiger charge is 2.62. The predicted octanol–water partition coefficient (Wildman–Crippen LogP) is 4.77. The molecule has 0 bridgehead atoms. The van der Waals surface area contributed by atoms with Gasteiger partial charge in [0.1, 0.15) is 0 Å². The molecule has 1 aromatic carbocycles. The lowest BCUT2D eigenvalue weighted by atomic mass is 10.2. The van der Waals surface area contributed by atoms with Crippen LogP contribution in [-0.4, -0.2) is 42.0 Å². The lowest BCUT2D eigenvalue weighted by Gasteiger charge is -2.57. The van der Waals surface area contributed by atoms with E-state index in [4.69, 9.17) is 4.74 Å². The zero-order valence-corrected chi connectivity index (χ0v) is 21.3. The van der Waals surface area contributed by atoms with Crippen molar-refractivity contribution in [3.8, 4) is 0 Å². The van der Waals surface area contributed by atoms with Gasteiger partial charge in [-0.15, -0.1) is 0 Å². The van der Waals surface area contributed by atoms with Crippen LogP contribution in [0.5, 0.6) is 0 Å². The Balaban J connectivity index is 3.76. The van der Waals surface area contributed by atoms with E-state index in [2.05, 4.69) is 77.1 Å². The zero-order chi connectivity index (χ0) is 19.0. The van der Waals surface area contributed by atoms with Crippen molar-refractivity contribution in [2.75, 3.05) is 6.61 Å². The average molecular weight is 397 g/mol. The Morgan fingerprint density at radius 3 is 1.71 bits per heavy atom. The van der Waals surface area contributed by atoms with E-state index < -0.39 is 29.4 Å². The third-order valence-electron chi connectivity index (χ3n) is 5.18. The van der Waals surface area contributed by atoms with Gasteiger partial charge in [0.15, 0.2) is 0 Å². The minimum atomic E-state index is -1.67. The summed E-state index contributed by atoms with van der Waals surface area (Å²) in [5.74, 6) is -0.177. The predicted molar refractivity (Wildman–Crippen MR) is 118 cm³/mol. The monoisotopic (exact) mass is 396 g/mol. The van der Waals surface area contributed by atoms with Gasteiger partial charge in [0.25, 0.3) is 0 Å². The van der Waals surface area contributed by atoms with Crippen molar-refractivity contribution in [1.82, 2.24) is 0 Å². The summed E-state index contributed by atoms with van der Waals surface area (Å²) in [7, 11) is -4.24. The van der Waals surface area contributed by atoms with Gasteiger partial charge in [0, 0.05) is 22.8 Å². The molecule has 0 fully saturated rings. The van der Waals surface area contributed by atoms with Crippen molar-refractivity contribution in [1.29, 1.82) is 0 Å². The van der Waals surface area contributed by atoms with E-state index in [9.17, 15) is 4.79 Å². The number of benzene rings is 1. The van der Waals surface area contributed by atoms with Crippen LogP contribution in [0.15, 0.2) is 24.3 Å². The molecule has 136 valence electrons. The largest absolute Gasteiger partial charge is 0.462 e. The smallest absolute Gasteiger partial charge is 0.338 e. The first kappa shape index (κ1) is 21.6. The van der Waals surface area contributed by atoms with E-state index in [1.54, 1.807) is 0 Å². The molecule has 0 saturated heterocycles. The van der Waals surface area contributed by atoms with Gasteiger partial charge in [-0.2, -0.15) is 0 Å². The molecule has 0 aliphatic carbocycles. The van der Waals surface area contributed by atoms with Crippen molar-refractivity contribution in [2.24, 2.45) is 0 Å². The lowest BCUT2D eigenvalue weighted by molar-refractivity contribution is 0.0526. The fourth-order valence-corrected chi connectivity index (χ4v) is 106. The van der Waals surface area contributed by atoms with E-state index in [-0.39, 0.29) is 5.97 Å². The number of ether oxygens (including phenoxy) is 1. The van der Waals surface area contributed by atoms with Gasteiger partial charge in [0.05, 0.1) is 18.8 Å². The average Bonchev–Trinajstić information content (AvgIpc) is 2.34. The number of hydrogen-bond acceptors (Lipinski definition) is 2. The third-order valence-corrected chi connectivity index (χ3v) is 76.5. The molecule has 1 aromatic rings. The van der Waals surface area contributed by atoms with Crippen LogP contribution in [-0.2, 0) is 4.74 Å². The molecule has 0 aliphatic heterocycles. The first-order chi connectivity index (χ1) is 10.7. The van der Waals surface area contributed by atoms with Crippen LogP contribution >= 0.6 is 0 Å². The Labute approximate surface area is 152 Å². The van der Waals surface area contributed by atoms with E-state index in [0.717, 1.165) is 5.56 Å². The van der Waals surface area contributed by atoms with Crippen molar-refractivity contribution in [2.45, 2.75) is 65.8 Å². The molecule has 0 aliphatic rings. The van der Waals surface area contributed by atoms with Crippen molar-refractivity contribution >= 4 is 40.6 Å². The summed E-state index contributed by atoms with van der Waals surface area (Å²) in [6.45, 7) is 23.8. The van der Waals surface area contributed by atoms with Gasteiger partial charge in [0.2, 0.25) is 0 Å². The highest BCUT2D eigenvalue weighted by Crippen LogP contribution is 2.36. The van der Waals surface area contributed by atoms with Crippen LogP contribution < -0.4 is 5.19 Å². The second-order valence-electron chi connectivity index (χ2n) is 9.80. The molecule has 0 radical (unpaired) electrons. The van der Waals surface area contributed by atoms with E-state index in [1.165, 1.54) is 5.19 Å². The summed E-state index contributed by atoms with van der Waals surface area (Å²) in [5, 5.41) is 1.53. The Morgan fingerprint density at radius 1 is 0.875 bits per heavy atom. The molecule has 0 saturated carbocycles. The molecule has 0 atom stereocenters. The SMILES string of the molecule is CCOC(=O)c1cccc([Si]([Si](C)(C)C)([Si](C)(C)C)[Si](C)(C)C)c1. The standard InChI is InChI=1S/C18H36O2Si4/c1-11-20-18(19)16-13-12-14-17(15-16)24(21(2,3)4,22(5,6)7)23(8,9)10/h12-15H,11H2,1-10H3. The normalized spacial score (nSPS) is 13.8. The number of carbonyl (C=O) groups is 1. The van der Waals surface area contributed by atoms with Crippen LogP contribution in [0.2, 0.25) is 58.9 Å². The van der Waals surface area contributed by atoms with E-state index in [1.807, 2.05) is 13.0 Å². The molecule has 2 nitrogen and oxygen atoms in total. The summed E-state index contributed by atoms with van der Waals surface area (Å²) in [5.41, 5.74) is 0.737. The molecule has 0 aromatic heterocycles. The molecule has 0 N–H and O–H groups in total. The Morgan fingerprint density at radius 2 is 1.33 bits per heavy atom. The minimum Gasteiger partial charge on any atom is -0.462 e. The van der Waals surface area contributed by atoms with E-state index in [0.29, 0.717) is 6.61 Å². The second kappa shape index (κ2) is 7.05. The molecule has 24 heavy (non-hydrogen) atoms. The van der Waals surface area contributed by atoms with Gasteiger partial charge < -0.3 is 4.74 Å². The minimum absolute atomic E-state index is 0.177. The molecule has 0 unspecified atom stereocenters. The third kappa shape index (κ3) is 3.71. The van der Waals surface area contributed by atoms with Crippen molar-refractivity contribution in [3.63, 3.8) is 0 Å². The number of esters is 1. The van der Waals surface area contributed by atoms with Crippen LogP contribution in [0, 0.1) is 0 Å². The Bertz CT molecular complexity index is 556. The number of carbonyl (C=O) groups excluding carboxylic acids is 1. The summed E-state index contributed by atoms with van der Waals surface area (Å²) in [6, 6.07) is 8.55. The molecule has 0 spiro atoms. The first-order valence-corrected chi connectivity index (χ1v) is 24.5. The lowest BCUT2D eigenvalue weighted by Crippen LogP contribution is -2.88. The fourth-order valence-electron chi connectivity index (χ4n) is 5.77. The summed E-state index contributed by atoms with van der Waals surface area (Å²) in [4.78, 5) is 12.3. The quantitative estimate of drug-likeness (QED) is 0.511. The molecule has 1 rings (SSSR count). The maximum absolute atomic E-state index is 12.3. The van der Waals surface area contributed by atoms with Gasteiger partial charge in [-0.3, -0.25) is 0 Å². The number of rotatable bonds is 6. The maximum Gasteiger partial charge on any atom is 0.338 e. The van der Waals surface area contributed by atoms with E-state index >= 15 is 0 Å². The molecule has 0 amide bonds. The molecular weight excluding hydrogens is 361 g/mol. The van der Waals surface area contributed by atoms with Gasteiger partial charge >= 0.3 is 5.97 Å². The van der Waals surface area contributed by atoms with Crippen LogP contribution in [0.25, 0.3) is 0 Å². The summed E-state index contributed by atoms with van der Waals surface area (Å²) in [6.07, 6.45) is 0.